The highest BCUT2D eigenvalue weighted by atomic mass is 35.5. The second-order valence-electron chi connectivity index (χ2n) is 5.04. The fourth-order valence-electron chi connectivity index (χ4n) is 1.24. The lowest BCUT2D eigenvalue weighted by molar-refractivity contribution is 0.0636. The average molecular weight is 306 g/mol. The van der Waals surface area contributed by atoms with Crippen LogP contribution in [0.15, 0.2) is 23.1 Å². The molecule has 0 spiro atoms. The summed E-state index contributed by atoms with van der Waals surface area (Å²) in [5.74, 6) is 0. The Kier molecular flexibility index (Phi) is 4.47. The van der Waals surface area contributed by atoms with Gasteiger partial charge in [0.2, 0.25) is 0 Å². The maximum atomic E-state index is 11.6. The Morgan fingerprint density at radius 2 is 1.89 bits per heavy atom. The van der Waals surface area contributed by atoms with Crippen LogP contribution in [0.25, 0.3) is 0 Å². The van der Waals surface area contributed by atoms with E-state index in [1.807, 2.05) is 0 Å². The molecule has 0 aliphatic rings. The van der Waals surface area contributed by atoms with E-state index in [1.165, 1.54) is 18.2 Å². The summed E-state index contributed by atoms with van der Waals surface area (Å²) in [5, 5.41) is 2.59. The normalized spacial score (nSPS) is 12.1. The number of hydrogen-bond acceptors (Lipinski definition) is 4. The quantitative estimate of drug-likeness (QED) is 0.911. The summed E-state index contributed by atoms with van der Waals surface area (Å²) in [5.41, 5.74) is -0.327. The van der Waals surface area contributed by atoms with E-state index in [1.54, 1.807) is 20.8 Å². The average Bonchev–Trinajstić information content (AvgIpc) is 2.16. The number of nitrogens with one attached hydrogen (secondary N) is 1. The molecule has 0 aliphatic carbocycles. The molecule has 1 rings (SSSR count). The smallest absolute Gasteiger partial charge is 0.412 e. The second kappa shape index (κ2) is 5.38. The molecular weight excluding hydrogens is 290 g/mol. The fraction of sp³-hybridized carbons (Fsp3) is 0.417. The summed E-state index contributed by atoms with van der Waals surface area (Å²) in [6.07, 6.45) is 0.432. The lowest BCUT2D eigenvalue weighted by Gasteiger charge is -2.20. The number of benzene rings is 1. The molecule has 0 saturated carbocycles. The number of halogens is 1. The van der Waals surface area contributed by atoms with Crippen molar-refractivity contribution >= 4 is 33.2 Å². The molecule has 1 amide bonds. The van der Waals surface area contributed by atoms with Crippen molar-refractivity contribution in [3.05, 3.63) is 23.2 Å². The van der Waals surface area contributed by atoms with Gasteiger partial charge in [0, 0.05) is 6.26 Å². The Bertz CT molecular complexity index is 590. The van der Waals surface area contributed by atoms with Gasteiger partial charge in [-0.25, -0.2) is 13.2 Å². The first kappa shape index (κ1) is 15.8. The number of ether oxygens (including phenoxy) is 1. The van der Waals surface area contributed by atoms with Crippen LogP contribution in [0.3, 0.4) is 0 Å². The van der Waals surface area contributed by atoms with Gasteiger partial charge >= 0.3 is 6.09 Å². The Morgan fingerprint density at radius 1 is 1.32 bits per heavy atom. The molecule has 0 saturated heterocycles. The summed E-state index contributed by atoms with van der Waals surface area (Å²) >= 11 is 5.92. The van der Waals surface area contributed by atoms with Crippen LogP contribution in [0.5, 0.6) is 0 Å². The topological polar surface area (TPSA) is 72.5 Å². The largest absolute Gasteiger partial charge is 0.444 e. The Hall–Kier alpha value is -1.27. The van der Waals surface area contributed by atoms with E-state index in [2.05, 4.69) is 5.32 Å². The van der Waals surface area contributed by atoms with Gasteiger partial charge in [0.1, 0.15) is 5.60 Å². The number of amides is 1. The van der Waals surface area contributed by atoms with E-state index in [-0.39, 0.29) is 9.92 Å². The predicted molar refractivity (Wildman–Crippen MR) is 74.4 cm³/mol. The standard InChI is InChI=1S/C12H16ClNO4S/c1-12(2,3)18-11(15)14-10-6-5-8(7-9(10)13)19(4,16)17/h5-7H,1-4H3,(H,14,15). The van der Waals surface area contributed by atoms with Gasteiger partial charge in [0.15, 0.2) is 9.84 Å². The number of hydrogen-bond donors (Lipinski definition) is 1. The third-order valence-corrected chi connectivity index (χ3v) is 3.43. The SMILES string of the molecule is CC(C)(C)OC(=O)Nc1ccc(S(C)(=O)=O)cc1Cl. The highest BCUT2D eigenvalue weighted by molar-refractivity contribution is 7.90. The van der Waals surface area contributed by atoms with Gasteiger partial charge in [-0.05, 0) is 39.0 Å². The summed E-state index contributed by atoms with van der Waals surface area (Å²) in [6.45, 7) is 5.21. The monoisotopic (exact) mass is 305 g/mol. The molecule has 0 aromatic heterocycles. The molecule has 0 fully saturated rings. The minimum atomic E-state index is -3.33. The van der Waals surface area contributed by atoms with Crippen LogP contribution >= 0.6 is 11.6 Å². The molecule has 7 heteroatoms. The number of sulfone groups is 1. The van der Waals surface area contributed by atoms with Crippen molar-refractivity contribution in [3.63, 3.8) is 0 Å². The Labute approximate surface area is 117 Å². The van der Waals surface area contributed by atoms with Crippen molar-refractivity contribution in [1.29, 1.82) is 0 Å². The molecule has 1 aromatic rings. The van der Waals surface area contributed by atoms with E-state index >= 15 is 0 Å². The lowest BCUT2D eigenvalue weighted by Crippen LogP contribution is -2.27. The van der Waals surface area contributed by atoms with Crippen LogP contribution in [-0.2, 0) is 14.6 Å². The van der Waals surface area contributed by atoms with E-state index in [0.29, 0.717) is 5.69 Å². The number of carbonyl (C=O) groups is 1. The summed E-state index contributed by atoms with van der Waals surface area (Å²) < 4.78 is 27.7. The van der Waals surface area contributed by atoms with Crippen LogP contribution < -0.4 is 5.32 Å². The summed E-state index contributed by atoms with van der Waals surface area (Å²) in [6, 6.07) is 4.07. The molecule has 0 atom stereocenters. The first-order valence-electron chi connectivity index (χ1n) is 5.49. The Balaban J connectivity index is 2.90. The molecule has 0 bridgehead atoms. The van der Waals surface area contributed by atoms with E-state index < -0.39 is 21.5 Å². The molecule has 5 nitrogen and oxygen atoms in total. The van der Waals surface area contributed by atoms with Crippen LogP contribution in [-0.4, -0.2) is 26.4 Å². The summed E-state index contributed by atoms with van der Waals surface area (Å²) in [7, 11) is -3.33. The molecule has 106 valence electrons. The second-order valence-corrected chi connectivity index (χ2v) is 7.46. The van der Waals surface area contributed by atoms with Crippen LogP contribution in [0, 0.1) is 0 Å². The van der Waals surface area contributed by atoms with E-state index in [9.17, 15) is 13.2 Å². The Morgan fingerprint density at radius 3 is 2.32 bits per heavy atom. The molecule has 0 aliphatic heterocycles. The predicted octanol–water partition coefficient (Wildman–Crippen LogP) is 3.09. The molecular formula is C12H16ClNO4S. The van der Waals surface area contributed by atoms with E-state index in [0.717, 1.165) is 6.26 Å². The third-order valence-electron chi connectivity index (χ3n) is 2.00. The van der Waals surface area contributed by atoms with Crippen LogP contribution in [0.1, 0.15) is 20.8 Å². The van der Waals surface area contributed by atoms with Crippen molar-refractivity contribution in [2.24, 2.45) is 0 Å². The van der Waals surface area contributed by atoms with Gasteiger partial charge in [0.25, 0.3) is 0 Å². The number of carbonyl (C=O) groups excluding carboxylic acids is 1. The molecule has 0 radical (unpaired) electrons. The zero-order valence-electron chi connectivity index (χ0n) is 11.2. The zero-order valence-corrected chi connectivity index (χ0v) is 12.7. The van der Waals surface area contributed by atoms with Crippen LogP contribution in [0.4, 0.5) is 10.5 Å². The molecule has 0 heterocycles. The van der Waals surface area contributed by atoms with Crippen molar-refractivity contribution in [3.8, 4) is 0 Å². The molecule has 19 heavy (non-hydrogen) atoms. The van der Waals surface area contributed by atoms with Gasteiger partial charge in [0.05, 0.1) is 15.6 Å². The minimum absolute atomic E-state index is 0.0900. The van der Waals surface area contributed by atoms with Crippen molar-refractivity contribution < 1.29 is 17.9 Å². The molecule has 1 N–H and O–H groups in total. The number of anilines is 1. The zero-order chi connectivity index (χ0) is 14.8. The first-order valence-corrected chi connectivity index (χ1v) is 7.75. The minimum Gasteiger partial charge on any atom is -0.444 e. The molecule has 0 unspecified atom stereocenters. The third kappa shape index (κ3) is 5.08. The summed E-state index contributed by atoms with van der Waals surface area (Å²) in [4.78, 5) is 11.6. The van der Waals surface area contributed by atoms with Crippen molar-refractivity contribution in [2.75, 3.05) is 11.6 Å². The molecule has 1 aromatic carbocycles. The highest BCUT2D eigenvalue weighted by Gasteiger charge is 2.17. The van der Waals surface area contributed by atoms with Gasteiger partial charge in [-0.3, -0.25) is 5.32 Å². The van der Waals surface area contributed by atoms with Crippen molar-refractivity contribution in [1.82, 2.24) is 0 Å². The number of rotatable bonds is 2. The first-order chi connectivity index (χ1) is 8.49. The van der Waals surface area contributed by atoms with Crippen LogP contribution in [0.2, 0.25) is 5.02 Å². The van der Waals surface area contributed by atoms with Gasteiger partial charge in [-0.15, -0.1) is 0 Å². The van der Waals surface area contributed by atoms with Gasteiger partial charge in [-0.2, -0.15) is 0 Å². The lowest BCUT2D eigenvalue weighted by atomic mass is 10.2. The van der Waals surface area contributed by atoms with E-state index in [4.69, 9.17) is 16.3 Å². The maximum Gasteiger partial charge on any atom is 0.412 e. The van der Waals surface area contributed by atoms with Gasteiger partial charge in [-0.1, -0.05) is 11.6 Å². The fourth-order valence-corrected chi connectivity index (χ4v) is 2.18. The van der Waals surface area contributed by atoms with Crippen molar-refractivity contribution in [2.45, 2.75) is 31.3 Å². The maximum absolute atomic E-state index is 11.6. The van der Waals surface area contributed by atoms with Gasteiger partial charge < -0.3 is 4.74 Å². The highest BCUT2D eigenvalue weighted by Crippen LogP contribution is 2.25.